The molecule has 0 fully saturated rings. The number of hydrogen-bond acceptors (Lipinski definition) is 3. The van der Waals surface area contributed by atoms with Crippen molar-refractivity contribution < 1.29 is 19.2 Å². The van der Waals surface area contributed by atoms with E-state index in [2.05, 4.69) is 0 Å². The molecule has 21 heavy (non-hydrogen) atoms. The molecule has 0 bridgehead atoms. The minimum Gasteiger partial charge on any atom is -0.591 e. The van der Waals surface area contributed by atoms with Crippen molar-refractivity contribution in [1.29, 1.82) is 0 Å². The van der Waals surface area contributed by atoms with Crippen LogP contribution in [0.3, 0.4) is 0 Å². The molecule has 4 nitrogen and oxygen atoms in total. The first kappa shape index (κ1) is 16.7. The predicted octanol–water partition coefficient (Wildman–Crippen LogP) is 4.11. The number of fused-ring (bicyclic) bond motifs is 1. The van der Waals surface area contributed by atoms with Crippen LogP contribution >= 0.6 is 10.8 Å². The Kier molecular flexibility index (Phi) is 7.56. The molecule has 2 aromatic rings. The van der Waals surface area contributed by atoms with Gasteiger partial charge in [-0.15, -0.1) is 0 Å². The highest BCUT2D eigenvalue weighted by atomic mass is 32.2. The van der Waals surface area contributed by atoms with Crippen molar-refractivity contribution in [3.05, 3.63) is 71.1 Å². The van der Waals surface area contributed by atoms with Gasteiger partial charge < -0.3 is 14.4 Å². The zero-order chi connectivity index (χ0) is 15.5. The molecule has 0 amide bonds. The molecular weight excluding hydrogens is 288 g/mol. The van der Waals surface area contributed by atoms with Crippen LogP contribution in [0.4, 0.5) is 0 Å². The van der Waals surface area contributed by atoms with Gasteiger partial charge in [0.2, 0.25) is 0 Å². The van der Waals surface area contributed by atoms with Crippen LogP contribution in [-0.2, 0) is 4.79 Å². The molecule has 1 aromatic heterocycles. The third-order valence-electron chi connectivity index (χ3n) is 2.12. The number of benzene rings is 1. The van der Waals surface area contributed by atoms with Gasteiger partial charge in [0.05, 0.1) is 6.26 Å². The van der Waals surface area contributed by atoms with Gasteiger partial charge in [0.25, 0.3) is 5.97 Å². The number of hydrogen-bond donors (Lipinski definition) is 1. The first-order chi connectivity index (χ1) is 10.1. The number of thiophene rings is 1. The number of carboxylic acids is 1. The lowest BCUT2D eigenvalue weighted by Crippen LogP contribution is -1.82. The van der Waals surface area contributed by atoms with Crippen molar-refractivity contribution in [3.8, 4) is 5.75 Å². The van der Waals surface area contributed by atoms with E-state index in [1.807, 2.05) is 42.5 Å². The van der Waals surface area contributed by atoms with E-state index in [-0.39, 0.29) is 0 Å². The third-order valence-corrected chi connectivity index (χ3v) is 2.97. The second kappa shape index (κ2) is 9.52. The molecule has 1 aliphatic heterocycles. The van der Waals surface area contributed by atoms with E-state index in [4.69, 9.17) is 14.6 Å². The molecule has 0 radical (unpaired) electrons. The van der Waals surface area contributed by atoms with Crippen molar-refractivity contribution in [3.63, 3.8) is 0 Å². The molecule has 1 N–H and O–H groups in total. The second-order valence-corrected chi connectivity index (χ2v) is 5.05. The summed E-state index contributed by atoms with van der Waals surface area (Å²) in [5.74, 6) is 0.0810. The molecular formula is C16H16O4S. The number of ether oxygens (including phenoxy) is 1. The van der Waals surface area contributed by atoms with Crippen LogP contribution in [-0.4, -0.2) is 15.6 Å². The summed E-state index contributed by atoms with van der Waals surface area (Å²) in [4.78, 5) is 9.00. The average Bonchev–Trinajstić information content (AvgIpc) is 2.79. The lowest BCUT2D eigenvalue weighted by Gasteiger charge is -2.00. The van der Waals surface area contributed by atoms with Crippen molar-refractivity contribution >= 4 is 22.8 Å². The SMILES string of the molecule is C1=COc2ccccc2C=C1.CC(=O)O.[O-][s+]1cccc1. The van der Waals surface area contributed by atoms with Crippen molar-refractivity contribution in [2.24, 2.45) is 0 Å². The average molecular weight is 304 g/mol. The molecule has 110 valence electrons. The third kappa shape index (κ3) is 7.71. The summed E-state index contributed by atoms with van der Waals surface area (Å²) >= 11 is 0. The zero-order valence-corrected chi connectivity index (χ0v) is 12.3. The van der Waals surface area contributed by atoms with E-state index in [1.165, 1.54) is 0 Å². The summed E-state index contributed by atoms with van der Waals surface area (Å²) in [6.07, 6.45) is 7.55. The lowest BCUT2D eigenvalue weighted by atomic mass is 10.2. The van der Waals surface area contributed by atoms with Crippen LogP contribution in [0, 0.1) is 0 Å². The molecule has 0 aliphatic carbocycles. The number of rotatable bonds is 0. The lowest BCUT2D eigenvalue weighted by molar-refractivity contribution is -0.134. The predicted molar refractivity (Wildman–Crippen MR) is 83.7 cm³/mol. The van der Waals surface area contributed by atoms with Crippen molar-refractivity contribution in [2.75, 3.05) is 0 Å². The van der Waals surface area contributed by atoms with Gasteiger partial charge in [0, 0.05) is 12.5 Å². The van der Waals surface area contributed by atoms with Crippen LogP contribution in [0.25, 0.3) is 6.08 Å². The summed E-state index contributed by atoms with van der Waals surface area (Å²) in [5.41, 5.74) is 1.12. The van der Waals surface area contributed by atoms with Gasteiger partial charge in [-0.2, -0.15) is 0 Å². The summed E-state index contributed by atoms with van der Waals surface area (Å²) < 4.78 is 15.5. The molecule has 0 unspecified atom stereocenters. The van der Waals surface area contributed by atoms with Gasteiger partial charge in [-0.1, -0.05) is 41.1 Å². The Morgan fingerprint density at radius 1 is 1.14 bits per heavy atom. The quantitative estimate of drug-likeness (QED) is 0.744. The van der Waals surface area contributed by atoms with Gasteiger partial charge in [-0.25, -0.2) is 0 Å². The standard InChI is InChI=1S/C10H8O.C4H4OS.C2H4O2/c1-2-7-10-9(5-1)6-3-4-8-11-10;5-6-3-1-2-4-6;1-2(3)4/h1-8H;1-4H;1H3,(H,3,4). The van der Waals surface area contributed by atoms with Crippen LogP contribution < -0.4 is 4.74 Å². The number of carbonyl (C=O) groups is 1. The molecule has 3 rings (SSSR count). The maximum Gasteiger partial charge on any atom is 0.300 e. The Morgan fingerprint density at radius 3 is 2.33 bits per heavy atom. The molecule has 0 spiro atoms. The molecule has 5 heteroatoms. The highest BCUT2D eigenvalue weighted by Gasteiger charge is 1.97. The fourth-order valence-electron chi connectivity index (χ4n) is 1.33. The van der Waals surface area contributed by atoms with E-state index < -0.39 is 16.7 Å². The van der Waals surface area contributed by atoms with Crippen LogP contribution in [0.1, 0.15) is 12.5 Å². The van der Waals surface area contributed by atoms with E-state index in [0.29, 0.717) is 0 Å². The Morgan fingerprint density at radius 2 is 1.76 bits per heavy atom. The Bertz CT molecular complexity index is 596. The second-order valence-electron chi connectivity index (χ2n) is 3.85. The maximum absolute atomic E-state index is 10.2. The smallest absolute Gasteiger partial charge is 0.300 e. The maximum atomic E-state index is 10.2. The summed E-state index contributed by atoms with van der Waals surface area (Å²) in [6, 6.07) is 11.5. The summed E-state index contributed by atoms with van der Waals surface area (Å²) in [7, 11) is -0.784. The van der Waals surface area contributed by atoms with E-state index >= 15 is 0 Å². The van der Waals surface area contributed by atoms with E-state index in [1.54, 1.807) is 29.2 Å². The minimum absolute atomic E-state index is 0.784. The van der Waals surface area contributed by atoms with Gasteiger partial charge >= 0.3 is 0 Å². The highest BCUT2D eigenvalue weighted by molar-refractivity contribution is 7.21. The highest BCUT2D eigenvalue weighted by Crippen LogP contribution is 2.21. The minimum atomic E-state index is -0.833. The van der Waals surface area contributed by atoms with Gasteiger partial charge in [0.1, 0.15) is 16.5 Å². The molecule has 0 atom stereocenters. The van der Waals surface area contributed by atoms with Crippen molar-refractivity contribution in [1.82, 2.24) is 0 Å². The zero-order valence-electron chi connectivity index (χ0n) is 11.5. The Balaban J connectivity index is 0.000000187. The number of para-hydroxylation sites is 1. The first-order valence-electron chi connectivity index (χ1n) is 6.12. The fraction of sp³-hybridized carbons (Fsp3) is 0.0625. The molecule has 2 heterocycles. The van der Waals surface area contributed by atoms with E-state index in [0.717, 1.165) is 18.2 Å². The number of aliphatic carboxylic acids is 1. The number of carboxylic acid groups (broad SMARTS) is 1. The topological polar surface area (TPSA) is 69.6 Å². The van der Waals surface area contributed by atoms with E-state index in [9.17, 15) is 4.55 Å². The largest absolute Gasteiger partial charge is 0.591 e. The van der Waals surface area contributed by atoms with Crippen LogP contribution in [0.2, 0.25) is 0 Å². The van der Waals surface area contributed by atoms with Gasteiger partial charge in [-0.05, 0) is 24.3 Å². The monoisotopic (exact) mass is 304 g/mol. The molecule has 0 saturated carbocycles. The Labute approximate surface area is 126 Å². The first-order valence-corrected chi connectivity index (χ1v) is 7.40. The molecule has 1 aromatic carbocycles. The molecule has 1 aliphatic rings. The molecule has 0 saturated heterocycles. The summed E-state index contributed by atoms with van der Waals surface area (Å²) in [6.45, 7) is 1.08. The van der Waals surface area contributed by atoms with Crippen LogP contribution in [0.5, 0.6) is 5.75 Å². The fourth-order valence-corrected chi connectivity index (χ4v) is 1.92. The normalized spacial score (nSPS) is 10.8. The van der Waals surface area contributed by atoms with Gasteiger partial charge in [-0.3, -0.25) is 4.79 Å². The van der Waals surface area contributed by atoms with Crippen molar-refractivity contribution in [2.45, 2.75) is 6.92 Å². The van der Waals surface area contributed by atoms with Gasteiger partial charge in [0.15, 0.2) is 0 Å². The number of allylic oxidation sites excluding steroid dienone is 2. The Hall–Kier alpha value is -2.37. The summed E-state index contributed by atoms with van der Waals surface area (Å²) in [5, 5.41) is 10.7. The van der Waals surface area contributed by atoms with Crippen LogP contribution in [0.15, 0.2) is 65.6 Å².